The van der Waals surface area contributed by atoms with Crippen LogP contribution in [-0.2, 0) is 66.6 Å². The van der Waals surface area contributed by atoms with Crippen molar-refractivity contribution in [2.75, 3.05) is 109 Å². The number of aliphatic hydroxyl groups excluding tert-OH is 1. The van der Waals surface area contributed by atoms with Crippen molar-refractivity contribution in [2.24, 2.45) is 0 Å². The number of rotatable bonds is 21. The Morgan fingerprint density at radius 2 is 0.577 bits per heavy atom. The van der Waals surface area contributed by atoms with E-state index in [-0.39, 0.29) is 6.10 Å². The van der Waals surface area contributed by atoms with E-state index in [1.54, 1.807) is 42.7 Å². The zero-order valence-electron chi connectivity index (χ0n) is 42.9. The Hall–Kier alpha value is -5.12. The molecule has 3 aliphatic rings. The van der Waals surface area contributed by atoms with Gasteiger partial charge in [-0.15, -0.1) is 0 Å². The van der Waals surface area contributed by atoms with E-state index in [0.717, 1.165) is 52.3 Å². The summed E-state index contributed by atoms with van der Waals surface area (Å²) in [6, 6.07) is 63.2. The standard InChI is InChI=1S/3C13H12.C8H16O4.C5H12O3.2C4H8O2/c3*1-3-7-12(8-4-1)11-13-9-5-2-6-10-13;1-9-3-7(4-10-2)11-5-8-6-12-8;1-7-3-5(6)4-8-2;2*1-5-2-4-3-6-4/h3*1-10H,11H2;7-8H,3-6H2,1-2H3;5-6H,3-4H2,1-2H3;2*4H,2-3H2,1H3. The van der Waals surface area contributed by atoms with Gasteiger partial charge in [-0.1, -0.05) is 182 Å². The molecule has 11 heteroatoms. The number of ether oxygens (including phenoxy) is 10. The first kappa shape index (κ1) is 60.2. The van der Waals surface area contributed by atoms with Gasteiger partial charge in [-0.2, -0.15) is 0 Å². The summed E-state index contributed by atoms with van der Waals surface area (Å²) in [7, 11) is 9.75. The molecule has 11 nitrogen and oxygen atoms in total. The highest BCUT2D eigenvalue weighted by atomic mass is 16.6. The van der Waals surface area contributed by atoms with Crippen LogP contribution >= 0.6 is 0 Å². The van der Waals surface area contributed by atoms with Crippen molar-refractivity contribution in [1.29, 1.82) is 0 Å². The highest BCUT2D eigenvalue weighted by Gasteiger charge is 2.24. The quantitative estimate of drug-likeness (QED) is 0.0695. The van der Waals surface area contributed by atoms with Crippen molar-refractivity contribution in [2.45, 2.75) is 49.8 Å². The van der Waals surface area contributed by atoms with E-state index in [0.29, 0.717) is 51.3 Å². The maximum atomic E-state index is 8.80. The van der Waals surface area contributed by atoms with Gasteiger partial charge in [-0.05, 0) is 52.6 Å². The Morgan fingerprint density at radius 1 is 0.352 bits per heavy atom. The number of methoxy groups -OCH3 is 6. The third kappa shape index (κ3) is 34.0. The third-order valence-corrected chi connectivity index (χ3v) is 10.1. The van der Waals surface area contributed by atoms with Crippen LogP contribution in [0.15, 0.2) is 182 Å². The minimum atomic E-state index is -0.481. The molecular formula is C60H80O11. The molecule has 3 fully saturated rings. The van der Waals surface area contributed by atoms with E-state index in [2.05, 4.69) is 191 Å². The lowest BCUT2D eigenvalue weighted by molar-refractivity contribution is -0.0451. The average Bonchev–Trinajstić information content (AvgIpc) is 4.25. The second kappa shape index (κ2) is 40.5. The first-order valence-corrected chi connectivity index (χ1v) is 24.2. The lowest BCUT2D eigenvalue weighted by Crippen LogP contribution is -2.26. The van der Waals surface area contributed by atoms with Crippen LogP contribution in [0.5, 0.6) is 0 Å². The molecule has 3 unspecified atom stereocenters. The van der Waals surface area contributed by atoms with Crippen LogP contribution in [0.1, 0.15) is 33.4 Å². The van der Waals surface area contributed by atoms with Crippen molar-refractivity contribution in [3.63, 3.8) is 0 Å². The lowest BCUT2D eigenvalue weighted by atomic mass is 10.1. The number of hydrogen-bond donors (Lipinski definition) is 1. The molecule has 9 rings (SSSR count). The molecule has 0 amide bonds. The minimum absolute atomic E-state index is 0.0317. The van der Waals surface area contributed by atoms with Crippen LogP contribution in [0.3, 0.4) is 0 Å². The molecule has 0 aliphatic carbocycles. The fourth-order valence-electron chi connectivity index (χ4n) is 6.34. The van der Waals surface area contributed by atoms with Gasteiger partial charge in [0.2, 0.25) is 0 Å². The zero-order valence-corrected chi connectivity index (χ0v) is 42.9. The van der Waals surface area contributed by atoms with Crippen LogP contribution in [-0.4, -0.2) is 144 Å². The molecule has 0 saturated carbocycles. The van der Waals surface area contributed by atoms with E-state index in [9.17, 15) is 0 Å². The van der Waals surface area contributed by atoms with E-state index in [4.69, 9.17) is 43.0 Å². The average molecular weight is 977 g/mol. The molecule has 3 aliphatic heterocycles. The fourth-order valence-corrected chi connectivity index (χ4v) is 6.34. The van der Waals surface area contributed by atoms with Gasteiger partial charge in [-0.3, -0.25) is 0 Å². The van der Waals surface area contributed by atoms with Gasteiger partial charge >= 0.3 is 0 Å². The predicted octanol–water partition coefficient (Wildman–Crippen LogP) is 9.60. The summed E-state index contributed by atoms with van der Waals surface area (Å²) in [5.74, 6) is 0. The summed E-state index contributed by atoms with van der Waals surface area (Å²) in [5, 5.41) is 8.80. The second-order valence-corrected chi connectivity index (χ2v) is 16.7. The first-order valence-electron chi connectivity index (χ1n) is 24.2. The van der Waals surface area contributed by atoms with Crippen molar-refractivity contribution in [3.8, 4) is 0 Å². The Kier molecular flexibility index (Phi) is 34.3. The maximum Gasteiger partial charge on any atom is 0.104 e. The molecule has 386 valence electrons. The van der Waals surface area contributed by atoms with Gasteiger partial charge in [0.25, 0.3) is 0 Å². The highest BCUT2D eigenvalue weighted by Crippen LogP contribution is 2.12. The molecule has 3 atom stereocenters. The Labute approximate surface area is 424 Å². The molecule has 0 radical (unpaired) electrons. The summed E-state index contributed by atoms with van der Waals surface area (Å²) in [5.41, 5.74) is 8.22. The van der Waals surface area contributed by atoms with Crippen molar-refractivity contribution in [1.82, 2.24) is 0 Å². The second-order valence-electron chi connectivity index (χ2n) is 16.7. The molecule has 3 heterocycles. The lowest BCUT2D eigenvalue weighted by Gasteiger charge is -2.14. The van der Waals surface area contributed by atoms with E-state index in [1.165, 1.54) is 33.4 Å². The molecule has 0 spiro atoms. The third-order valence-electron chi connectivity index (χ3n) is 10.1. The number of benzene rings is 6. The van der Waals surface area contributed by atoms with Gasteiger partial charge < -0.3 is 52.5 Å². The van der Waals surface area contributed by atoms with E-state index < -0.39 is 6.10 Å². The molecule has 0 bridgehead atoms. The fraction of sp³-hybridized carbons (Fsp3) is 0.400. The Balaban J connectivity index is 0.000000223. The Bertz CT molecular complexity index is 1720. The monoisotopic (exact) mass is 977 g/mol. The van der Waals surface area contributed by atoms with Crippen LogP contribution in [0, 0.1) is 0 Å². The summed E-state index contributed by atoms with van der Waals surface area (Å²) in [6.07, 6.45) is 3.80. The topological polar surface area (TPSA) is 122 Å². The number of aliphatic hydroxyl groups is 1. The van der Waals surface area contributed by atoms with Crippen molar-refractivity contribution < 1.29 is 52.5 Å². The normalized spacial score (nSPS) is 15.4. The summed E-state index contributed by atoms with van der Waals surface area (Å²) in [6.45, 7) is 6.62. The molecular weight excluding hydrogens is 897 g/mol. The molecule has 0 aromatic heterocycles. The summed E-state index contributed by atoms with van der Waals surface area (Å²) < 4.78 is 48.8. The van der Waals surface area contributed by atoms with Gasteiger partial charge in [0.1, 0.15) is 30.5 Å². The predicted molar refractivity (Wildman–Crippen MR) is 283 cm³/mol. The molecule has 6 aromatic rings. The van der Waals surface area contributed by atoms with Gasteiger partial charge in [0.05, 0.1) is 66.1 Å². The largest absolute Gasteiger partial charge is 0.388 e. The van der Waals surface area contributed by atoms with Crippen LogP contribution in [0.4, 0.5) is 0 Å². The van der Waals surface area contributed by atoms with Crippen LogP contribution in [0.25, 0.3) is 0 Å². The highest BCUT2D eigenvalue weighted by molar-refractivity contribution is 5.27. The minimum Gasteiger partial charge on any atom is -0.388 e. The molecule has 71 heavy (non-hydrogen) atoms. The van der Waals surface area contributed by atoms with Crippen LogP contribution < -0.4 is 0 Å². The molecule has 6 aromatic carbocycles. The van der Waals surface area contributed by atoms with Gasteiger partial charge in [0.15, 0.2) is 0 Å². The smallest absolute Gasteiger partial charge is 0.104 e. The summed E-state index contributed by atoms with van der Waals surface area (Å²) >= 11 is 0. The van der Waals surface area contributed by atoms with Crippen molar-refractivity contribution in [3.05, 3.63) is 215 Å². The zero-order chi connectivity index (χ0) is 50.8. The SMILES string of the molecule is COCC(COC)OCC1CO1.COCC(O)COC.COCC1CO1.COCC1CO1.c1ccc(Cc2ccccc2)cc1.c1ccc(Cc2ccccc2)cc1.c1ccc(Cc2ccccc2)cc1. The van der Waals surface area contributed by atoms with E-state index >= 15 is 0 Å². The van der Waals surface area contributed by atoms with Gasteiger partial charge in [0, 0.05) is 42.7 Å². The van der Waals surface area contributed by atoms with Crippen molar-refractivity contribution >= 4 is 0 Å². The van der Waals surface area contributed by atoms with Crippen LogP contribution in [0.2, 0.25) is 0 Å². The molecule has 1 N–H and O–H groups in total. The summed E-state index contributed by atoms with van der Waals surface area (Å²) in [4.78, 5) is 0. The van der Waals surface area contributed by atoms with Gasteiger partial charge in [-0.25, -0.2) is 0 Å². The Morgan fingerprint density at radius 3 is 0.761 bits per heavy atom. The first-order chi connectivity index (χ1) is 34.9. The number of epoxide rings is 3. The molecule has 3 saturated heterocycles. The number of hydrogen-bond acceptors (Lipinski definition) is 11. The van der Waals surface area contributed by atoms with E-state index in [1.807, 2.05) is 0 Å². The maximum absolute atomic E-state index is 8.80.